The minimum Gasteiger partial charge on any atom is -0.480 e. The van der Waals surface area contributed by atoms with Gasteiger partial charge in [-0.2, -0.15) is 11.8 Å². The van der Waals surface area contributed by atoms with Gasteiger partial charge in [-0.1, -0.05) is 20.3 Å². The predicted octanol–water partition coefficient (Wildman–Crippen LogP) is 1.60. The lowest BCUT2D eigenvalue weighted by molar-refractivity contribution is -0.142. The lowest BCUT2D eigenvalue weighted by Gasteiger charge is -2.29. The SMILES string of the molecule is CCC(C)C(N)C(=O)NCC1CCC(C(=O)NC(CCSC)C(=O)O)CC1. The number of carbonyl (C=O) groups excluding carboxylic acids is 2. The molecule has 0 spiro atoms. The van der Waals surface area contributed by atoms with Crippen molar-refractivity contribution in [3.05, 3.63) is 0 Å². The number of aliphatic carboxylic acids is 1. The van der Waals surface area contributed by atoms with Crippen LogP contribution >= 0.6 is 11.8 Å². The van der Waals surface area contributed by atoms with Gasteiger partial charge in [-0.15, -0.1) is 0 Å². The Hall–Kier alpha value is -1.28. The Kier molecular flexibility index (Phi) is 10.8. The first-order valence-electron chi connectivity index (χ1n) is 9.85. The van der Waals surface area contributed by atoms with Gasteiger partial charge in [-0.05, 0) is 55.9 Å². The zero-order valence-corrected chi connectivity index (χ0v) is 17.5. The van der Waals surface area contributed by atoms with Crippen molar-refractivity contribution >= 4 is 29.5 Å². The quantitative estimate of drug-likeness (QED) is 0.417. The van der Waals surface area contributed by atoms with E-state index in [1.807, 2.05) is 20.1 Å². The number of nitrogens with two attached hydrogens (primary N) is 1. The number of amides is 2. The zero-order valence-electron chi connectivity index (χ0n) is 16.7. The lowest BCUT2D eigenvalue weighted by atomic mass is 9.81. The molecule has 1 rings (SSSR count). The number of hydrogen-bond donors (Lipinski definition) is 4. The fourth-order valence-electron chi connectivity index (χ4n) is 3.29. The largest absolute Gasteiger partial charge is 0.480 e. The van der Waals surface area contributed by atoms with Gasteiger partial charge in [0.2, 0.25) is 11.8 Å². The number of carboxylic acids is 1. The lowest BCUT2D eigenvalue weighted by Crippen LogP contribution is -2.47. The predicted molar refractivity (Wildman–Crippen MR) is 108 cm³/mol. The molecule has 2 amide bonds. The number of nitrogens with one attached hydrogen (secondary N) is 2. The van der Waals surface area contributed by atoms with Crippen molar-refractivity contribution in [3.8, 4) is 0 Å². The van der Waals surface area contributed by atoms with Gasteiger partial charge in [0.05, 0.1) is 6.04 Å². The van der Waals surface area contributed by atoms with Crippen molar-refractivity contribution in [1.82, 2.24) is 10.6 Å². The fourth-order valence-corrected chi connectivity index (χ4v) is 3.76. The van der Waals surface area contributed by atoms with Crippen LogP contribution in [0.3, 0.4) is 0 Å². The standard InChI is InChI=1S/C19H35N3O4S/c1-4-12(2)16(20)18(24)21-11-13-5-7-14(8-6-13)17(23)22-15(19(25)26)9-10-27-3/h12-16H,4-11,20H2,1-3H3,(H,21,24)(H,22,23)(H,25,26). The summed E-state index contributed by atoms with van der Waals surface area (Å²) in [5.74, 6) is -0.205. The minimum absolute atomic E-state index is 0.109. The molecule has 0 aromatic carbocycles. The molecular formula is C19H35N3O4S. The Morgan fingerprint density at radius 2 is 1.85 bits per heavy atom. The van der Waals surface area contributed by atoms with E-state index in [9.17, 15) is 19.5 Å². The number of rotatable bonds is 11. The molecule has 0 aliphatic heterocycles. The van der Waals surface area contributed by atoms with Crippen LogP contribution in [0.4, 0.5) is 0 Å². The Labute approximate surface area is 166 Å². The second-order valence-corrected chi connectivity index (χ2v) is 8.54. The van der Waals surface area contributed by atoms with Gasteiger partial charge >= 0.3 is 5.97 Å². The van der Waals surface area contributed by atoms with Crippen molar-refractivity contribution in [3.63, 3.8) is 0 Å². The summed E-state index contributed by atoms with van der Waals surface area (Å²) in [6, 6.07) is -1.30. The average molecular weight is 402 g/mol. The second kappa shape index (κ2) is 12.2. The molecule has 0 saturated heterocycles. The highest BCUT2D eigenvalue weighted by atomic mass is 32.2. The number of carboxylic acid groups (broad SMARTS) is 1. The molecule has 0 heterocycles. The van der Waals surface area contributed by atoms with Crippen LogP contribution < -0.4 is 16.4 Å². The molecule has 7 nitrogen and oxygen atoms in total. The number of hydrogen-bond acceptors (Lipinski definition) is 5. The molecule has 1 aliphatic carbocycles. The van der Waals surface area contributed by atoms with Gasteiger partial charge in [-0.25, -0.2) is 4.79 Å². The third kappa shape index (κ3) is 8.09. The van der Waals surface area contributed by atoms with E-state index in [2.05, 4.69) is 10.6 Å². The normalized spacial score (nSPS) is 23.1. The Morgan fingerprint density at radius 3 is 2.37 bits per heavy atom. The van der Waals surface area contributed by atoms with Gasteiger partial charge in [0.1, 0.15) is 6.04 Å². The van der Waals surface area contributed by atoms with E-state index in [1.54, 1.807) is 11.8 Å². The van der Waals surface area contributed by atoms with Crippen LogP contribution in [0.2, 0.25) is 0 Å². The Balaban J connectivity index is 2.37. The summed E-state index contributed by atoms with van der Waals surface area (Å²) in [5, 5.41) is 14.9. The second-order valence-electron chi connectivity index (χ2n) is 7.56. The molecule has 5 N–H and O–H groups in total. The minimum atomic E-state index is -0.980. The van der Waals surface area contributed by atoms with E-state index in [-0.39, 0.29) is 23.7 Å². The highest BCUT2D eigenvalue weighted by Crippen LogP contribution is 2.28. The van der Waals surface area contributed by atoms with Crippen molar-refractivity contribution in [1.29, 1.82) is 0 Å². The first-order valence-corrected chi connectivity index (χ1v) is 11.2. The van der Waals surface area contributed by atoms with Gasteiger partial charge in [0.15, 0.2) is 0 Å². The first-order chi connectivity index (χ1) is 12.8. The number of thioether (sulfide) groups is 1. The summed E-state index contributed by atoms with van der Waals surface area (Å²) < 4.78 is 0. The number of carbonyl (C=O) groups is 3. The van der Waals surface area contributed by atoms with Crippen LogP contribution in [-0.2, 0) is 14.4 Å². The maximum atomic E-state index is 12.4. The maximum absolute atomic E-state index is 12.4. The van der Waals surface area contributed by atoms with E-state index in [0.29, 0.717) is 24.6 Å². The molecule has 3 unspecified atom stereocenters. The summed E-state index contributed by atoms with van der Waals surface area (Å²) in [6.45, 7) is 4.57. The van der Waals surface area contributed by atoms with Gasteiger partial charge in [-0.3, -0.25) is 9.59 Å². The van der Waals surface area contributed by atoms with Crippen LogP contribution in [0.1, 0.15) is 52.4 Å². The molecule has 27 heavy (non-hydrogen) atoms. The third-order valence-corrected chi connectivity index (χ3v) is 6.21. The van der Waals surface area contributed by atoms with Crippen molar-refractivity contribution in [2.75, 3.05) is 18.6 Å². The van der Waals surface area contributed by atoms with Crippen molar-refractivity contribution in [2.45, 2.75) is 64.5 Å². The summed E-state index contributed by atoms with van der Waals surface area (Å²) in [4.78, 5) is 35.7. The van der Waals surface area contributed by atoms with E-state index in [1.165, 1.54) is 0 Å². The molecule has 8 heteroatoms. The topological polar surface area (TPSA) is 122 Å². The molecule has 1 saturated carbocycles. The van der Waals surface area contributed by atoms with Crippen LogP contribution in [-0.4, -0.2) is 53.5 Å². The third-order valence-electron chi connectivity index (χ3n) is 5.57. The zero-order chi connectivity index (χ0) is 20.4. The summed E-state index contributed by atoms with van der Waals surface area (Å²) in [5.41, 5.74) is 5.94. The van der Waals surface area contributed by atoms with E-state index < -0.39 is 18.1 Å². The summed E-state index contributed by atoms with van der Waals surface area (Å²) in [7, 11) is 0. The Morgan fingerprint density at radius 1 is 1.22 bits per heavy atom. The molecule has 1 fully saturated rings. The smallest absolute Gasteiger partial charge is 0.326 e. The van der Waals surface area contributed by atoms with Crippen LogP contribution in [0.25, 0.3) is 0 Å². The van der Waals surface area contributed by atoms with Gasteiger partial charge < -0.3 is 21.5 Å². The van der Waals surface area contributed by atoms with Crippen molar-refractivity contribution < 1.29 is 19.5 Å². The van der Waals surface area contributed by atoms with Gasteiger partial charge in [0, 0.05) is 12.5 Å². The van der Waals surface area contributed by atoms with Crippen molar-refractivity contribution in [2.24, 2.45) is 23.5 Å². The molecule has 0 radical (unpaired) electrons. The molecule has 0 aromatic heterocycles. The van der Waals surface area contributed by atoms with Crippen LogP contribution in [0.5, 0.6) is 0 Å². The monoisotopic (exact) mass is 401 g/mol. The van der Waals surface area contributed by atoms with Crippen LogP contribution in [0.15, 0.2) is 0 Å². The molecule has 3 atom stereocenters. The Bertz CT molecular complexity index is 495. The van der Waals surface area contributed by atoms with E-state index >= 15 is 0 Å². The van der Waals surface area contributed by atoms with Crippen LogP contribution in [0, 0.1) is 17.8 Å². The molecule has 0 bridgehead atoms. The van der Waals surface area contributed by atoms with Gasteiger partial charge in [0.25, 0.3) is 0 Å². The van der Waals surface area contributed by atoms with E-state index in [4.69, 9.17) is 5.73 Å². The fraction of sp³-hybridized carbons (Fsp3) is 0.842. The molecule has 1 aliphatic rings. The average Bonchev–Trinajstić information content (AvgIpc) is 2.67. The summed E-state index contributed by atoms with van der Waals surface area (Å²) in [6.07, 6.45) is 6.34. The molecule has 156 valence electrons. The summed E-state index contributed by atoms with van der Waals surface area (Å²) >= 11 is 1.57. The highest BCUT2D eigenvalue weighted by molar-refractivity contribution is 7.98. The highest BCUT2D eigenvalue weighted by Gasteiger charge is 2.29. The maximum Gasteiger partial charge on any atom is 0.326 e. The first kappa shape index (κ1) is 23.8. The van der Waals surface area contributed by atoms with E-state index in [0.717, 1.165) is 32.1 Å². The molecule has 0 aromatic rings. The molecular weight excluding hydrogens is 366 g/mol.